The van der Waals surface area contributed by atoms with Gasteiger partial charge < -0.3 is 10.2 Å². The van der Waals surface area contributed by atoms with Gasteiger partial charge in [-0.1, -0.05) is 18.2 Å². The van der Waals surface area contributed by atoms with Gasteiger partial charge in [0.1, 0.15) is 6.04 Å². The molecule has 1 N–H and O–H groups in total. The van der Waals surface area contributed by atoms with E-state index in [2.05, 4.69) is 10.3 Å². The maximum atomic E-state index is 12.8. The molecule has 0 radical (unpaired) electrons. The second-order valence-corrected chi connectivity index (χ2v) is 8.47. The Morgan fingerprint density at radius 2 is 2.11 bits per heavy atom. The molecule has 1 aliphatic heterocycles. The van der Waals surface area contributed by atoms with Gasteiger partial charge in [-0.05, 0) is 43.3 Å². The molecule has 1 atom stereocenters. The molecule has 4 rings (SSSR count). The van der Waals surface area contributed by atoms with Crippen LogP contribution in [0.3, 0.4) is 0 Å². The van der Waals surface area contributed by atoms with Crippen LogP contribution in [-0.4, -0.2) is 34.3 Å². The van der Waals surface area contributed by atoms with Crippen LogP contribution in [0, 0.1) is 6.92 Å². The number of thiophene rings is 1. The monoisotopic (exact) mass is 397 g/mol. The number of carbonyl (C=O) groups excluding carboxylic acids is 2. The van der Waals surface area contributed by atoms with E-state index in [1.807, 2.05) is 48.0 Å². The minimum absolute atomic E-state index is 0.0608. The van der Waals surface area contributed by atoms with Crippen LogP contribution in [-0.2, 0) is 4.79 Å². The average molecular weight is 398 g/mol. The summed E-state index contributed by atoms with van der Waals surface area (Å²) in [5.41, 5.74) is 2.60. The normalized spacial score (nSPS) is 16.5. The molecule has 0 aliphatic carbocycles. The van der Waals surface area contributed by atoms with Gasteiger partial charge in [0.25, 0.3) is 5.91 Å². The number of nitrogens with one attached hydrogen (secondary N) is 1. The number of nitrogens with zero attached hydrogens (tertiary/aromatic N) is 2. The van der Waals surface area contributed by atoms with Gasteiger partial charge in [-0.15, -0.1) is 22.7 Å². The molecule has 7 heteroatoms. The molecule has 1 aromatic carbocycles. The summed E-state index contributed by atoms with van der Waals surface area (Å²) in [6.07, 6.45) is 1.53. The van der Waals surface area contributed by atoms with Gasteiger partial charge in [0.2, 0.25) is 5.91 Å². The predicted molar refractivity (Wildman–Crippen MR) is 109 cm³/mol. The van der Waals surface area contributed by atoms with Crippen molar-refractivity contribution in [3.63, 3.8) is 0 Å². The highest BCUT2D eigenvalue weighted by Gasteiger charge is 2.34. The van der Waals surface area contributed by atoms with E-state index in [1.54, 1.807) is 22.3 Å². The highest BCUT2D eigenvalue weighted by atomic mass is 32.1. The van der Waals surface area contributed by atoms with Crippen molar-refractivity contribution in [3.8, 4) is 11.3 Å². The van der Waals surface area contributed by atoms with Gasteiger partial charge in [0, 0.05) is 23.2 Å². The van der Waals surface area contributed by atoms with Crippen molar-refractivity contribution in [3.05, 3.63) is 57.0 Å². The van der Waals surface area contributed by atoms with Crippen LogP contribution in [0.15, 0.2) is 47.2 Å². The summed E-state index contributed by atoms with van der Waals surface area (Å²) in [6.45, 7) is 2.59. The number of hydrogen-bond acceptors (Lipinski definition) is 5. The summed E-state index contributed by atoms with van der Waals surface area (Å²) in [4.78, 5) is 32.4. The summed E-state index contributed by atoms with van der Waals surface area (Å²) >= 11 is 3.01. The summed E-state index contributed by atoms with van der Waals surface area (Å²) in [5, 5.41) is 7.87. The van der Waals surface area contributed by atoms with E-state index in [0.29, 0.717) is 17.8 Å². The molecule has 138 valence electrons. The van der Waals surface area contributed by atoms with Crippen LogP contribution in [0.1, 0.15) is 27.5 Å². The van der Waals surface area contributed by atoms with Gasteiger partial charge in [0.15, 0.2) is 0 Å². The van der Waals surface area contributed by atoms with Crippen molar-refractivity contribution in [1.82, 2.24) is 9.88 Å². The molecule has 3 aromatic rings. The van der Waals surface area contributed by atoms with Crippen molar-refractivity contribution in [2.45, 2.75) is 25.8 Å². The molecule has 0 bridgehead atoms. The SMILES string of the molecule is Cc1nc(-c2cccc(NC(=O)[C@H]3CCCN3C(=O)c3cccs3)c2)cs1. The van der Waals surface area contributed by atoms with E-state index < -0.39 is 6.04 Å². The lowest BCUT2D eigenvalue weighted by molar-refractivity contribution is -0.119. The largest absolute Gasteiger partial charge is 0.326 e. The molecule has 1 aliphatic rings. The van der Waals surface area contributed by atoms with Gasteiger partial charge in [0.05, 0.1) is 15.6 Å². The molecule has 27 heavy (non-hydrogen) atoms. The minimum atomic E-state index is -0.426. The topological polar surface area (TPSA) is 62.3 Å². The molecule has 0 unspecified atom stereocenters. The zero-order valence-electron chi connectivity index (χ0n) is 14.8. The minimum Gasteiger partial charge on any atom is -0.326 e. The van der Waals surface area contributed by atoms with Gasteiger partial charge in [-0.25, -0.2) is 4.98 Å². The number of likely N-dealkylation sites (tertiary alicyclic amines) is 1. The summed E-state index contributed by atoms with van der Waals surface area (Å²) in [6, 6.07) is 10.9. The zero-order valence-corrected chi connectivity index (χ0v) is 16.5. The fraction of sp³-hybridized carbons (Fsp3) is 0.250. The Labute approximate surface area is 165 Å². The zero-order chi connectivity index (χ0) is 18.8. The van der Waals surface area contributed by atoms with E-state index in [1.165, 1.54) is 11.3 Å². The van der Waals surface area contributed by atoms with E-state index in [9.17, 15) is 9.59 Å². The number of amides is 2. The molecule has 2 amide bonds. The summed E-state index contributed by atoms with van der Waals surface area (Å²) in [5.74, 6) is -0.196. The Kier molecular flexibility index (Phi) is 5.05. The molecule has 0 saturated carbocycles. The smallest absolute Gasteiger partial charge is 0.264 e. The Hall–Kier alpha value is -2.51. The Morgan fingerprint density at radius 3 is 2.85 bits per heavy atom. The second-order valence-electron chi connectivity index (χ2n) is 6.46. The number of anilines is 1. The van der Waals surface area contributed by atoms with Gasteiger partial charge in [-0.2, -0.15) is 0 Å². The third kappa shape index (κ3) is 3.79. The number of aryl methyl sites for hydroxylation is 1. The van der Waals surface area contributed by atoms with Crippen molar-refractivity contribution >= 4 is 40.2 Å². The number of hydrogen-bond donors (Lipinski definition) is 1. The van der Waals surface area contributed by atoms with Gasteiger partial charge in [-0.3, -0.25) is 9.59 Å². The highest BCUT2D eigenvalue weighted by Crippen LogP contribution is 2.26. The molecule has 0 spiro atoms. The molecular weight excluding hydrogens is 378 g/mol. The number of rotatable bonds is 4. The lowest BCUT2D eigenvalue weighted by Gasteiger charge is -2.23. The number of thiazole rings is 1. The van der Waals surface area contributed by atoms with Crippen molar-refractivity contribution in [1.29, 1.82) is 0 Å². The van der Waals surface area contributed by atoms with Crippen LogP contribution in [0.25, 0.3) is 11.3 Å². The van der Waals surface area contributed by atoms with Crippen molar-refractivity contribution in [2.24, 2.45) is 0 Å². The molecule has 5 nitrogen and oxygen atoms in total. The second kappa shape index (κ2) is 7.62. The van der Waals surface area contributed by atoms with E-state index in [4.69, 9.17) is 0 Å². The summed E-state index contributed by atoms with van der Waals surface area (Å²) < 4.78 is 0. The third-order valence-electron chi connectivity index (χ3n) is 4.59. The maximum Gasteiger partial charge on any atom is 0.264 e. The van der Waals surface area contributed by atoms with Crippen molar-refractivity contribution < 1.29 is 9.59 Å². The van der Waals surface area contributed by atoms with Crippen LogP contribution in [0.5, 0.6) is 0 Å². The first-order chi connectivity index (χ1) is 13.1. The Bertz CT molecular complexity index is 965. The fourth-order valence-electron chi connectivity index (χ4n) is 3.30. The van der Waals surface area contributed by atoms with E-state index >= 15 is 0 Å². The lowest BCUT2D eigenvalue weighted by Crippen LogP contribution is -2.42. The van der Waals surface area contributed by atoms with Crippen LogP contribution >= 0.6 is 22.7 Å². The number of benzene rings is 1. The first-order valence-electron chi connectivity index (χ1n) is 8.80. The standard InChI is InChI=1S/C20H19N3O2S2/c1-13-21-16(12-27-13)14-5-2-6-15(11-14)22-19(24)17-7-3-9-23(17)20(25)18-8-4-10-26-18/h2,4-6,8,10-12,17H,3,7,9H2,1H3,(H,22,24)/t17-/m1/s1. The third-order valence-corrected chi connectivity index (χ3v) is 6.22. The molecular formula is C20H19N3O2S2. The quantitative estimate of drug-likeness (QED) is 0.709. The average Bonchev–Trinajstić information content (AvgIpc) is 3.42. The Morgan fingerprint density at radius 1 is 1.22 bits per heavy atom. The van der Waals surface area contributed by atoms with E-state index in [-0.39, 0.29) is 11.8 Å². The van der Waals surface area contributed by atoms with Crippen molar-refractivity contribution in [2.75, 3.05) is 11.9 Å². The highest BCUT2D eigenvalue weighted by molar-refractivity contribution is 7.12. The summed E-state index contributed by atoms with van der Waals surface area (Å²) in [7, 11) is 0. The van der Waals surface area contributed by atoms with Gasteiger partial charge >= 0.3 is 0 Å². The Balaban J connectivity index is 1.49. The predicted octanol–water partition coefficient (Wildman–Crippen LogP) is 4.42. The number of carbonyl (C=O) groups is 2. The first-order valence-corrected chi connectivity index (χ1v) is 10.6. The molecule has 3 heterocycles. The lowest BCUT2D eigenvalue weighted by atomic mass is 10.1. The fourth-order valence-corrected chi connectivity index (χ4v) is 4.60. The molecule has 1 fully saturated rings. The van der Waals surface area contributed by atoms with Crippen LogP contribution in [0.2, 0.25) is 0 Å². The maximum absolute atomic E-state index is 12.8. The van der Waals surface area contributed by atoms with Crippen LogP contribution < -0.4 is 5.32 Å². The number of aromatic nitrogens is 1. The first kappa shape index (κ1) is 17.9. The van der Waals surface area contributed by atoms with E-state index in [0.717, 1.165) is 28.4 Å². The molecule has 1 saturated heterocycles. The van der Waals surface area contributed by atoms with Crippen LogP contribution in [0.4, 0.5) is 5.69 Å². The molecule has 2 aromatic heterocycles.